The number of nitrogens with one attached hydrogen (secondary N) is 2. The van der Waals surface area contributed by atoms with Gasteiger partial charge >= 0.3 is 0 Å². The molecule has 3 aromatic rings. The van der Waals surface area contributed by atoms with E-state index in [0.29, 0.717) is 11.3 Å². The summed E-state index contributed by atoms with van der Waals surface area (Å²) in [7, 11) is 0. The Kier molecular flexibility index (Phi) is 5.41. The number of hydrogen-bond donors (Lipinski definition) is 3. The number of nitrogens with zero attached hydrogens (tertiary/aromatic N) is 1. The van der Waals surface area contributed by atoms with E-state index in [-0.39, 0.29) is 5.75 Å². The van der Waals surface area contributed by atoms with Gasteiger partial charge in [0.05, 0.1) is 6.21 Å². The Morgan fingerprint density at radius 3 is 2.52 bits per heavy atom. The van der Waals surface area contributed by atoms with E-state index in [9.17, 15) is 19.1 Å². The average Bonchev–Trinajstić information content (AvgIpc) is 2.65. The summed E-state index contributed by atoms with van der Waals surface area (Å²) in [6, 6.07) is 16.0. The molecule has 0 aliphatic rings. The minimum absolute atomic E-state index is 0.0285. The van der Waals surface area contributed by atoms with E-state index in [2.05, 4.69) is 15.8 Å². The smallest absolute Gasteiger partial charge is 0.249 e. The summed E-state index contributed by atoms with van der Waals surface area (Å²) in [6.45, 7) is 0. The van der Waals surface area contributed by atoms with Gasteiger partial charge in [-0.15, -0.1) is 0 Å². The summed E-state index contributed by atoms with van der Waals surface area (Å²) < 4.78 is 12.8. The van der Waals surface area contributed by atoms with E-state index < -0.39 is 24.1 Å². The van der Waals surface area contributed by atoms with Crippen LogP contribution in [0.2, 0.25) is 0 Å². The summed E-state index contributed by atoms with van der Waals surface area (Å²) in [5.74, 6) is -1.56. The predicted octanol–water partition coefficient (Wildman–Crippen LogP) is 3.16. The second-order valence-electron chi connectivity index (χ2n) is 5.74. The van der Waals surface area contributed by atoms with Crippen LogP contribution in [0.1, 0.15) is 12.0 Å². The molecule has 0 aromatic heterocycles. The van der Waals surface area contributed by atoms with Crippen molar-refractivity contribution in [3.05, 3.63) is 72.0 Å². The van der Waals surface area contributed by atoms with E-state index >= 15 is 0 Å². The Bertz CT molecular complexity index is 1020. The highest BCUT2D eigenvalue weighted by Crippen LogP contribution is 2.25. The maximum atomic E-state index is 12.8. The number of halogens is 1. The van der Waals surface area contributed by atoms with Crippen LogP contribution in [0.5, 0.6) is 5.75 Å². The molecule has 3 aromatic carbocycles. The third-order valence-electron chi connectivity index (χ3n) is 3.78. The number of aromatic hydroxyl groups is 1. The maximum Gasteiger partial charge on any atom is 0.249 e. The van der Waals surface area contributed by atoms with Gasteiger partial charge in [-0.05, 0) is 41.1 Å². The molecule has 27 heavy (non-hydrogen) atoms. The van der Waals surface area contributed by atoms with Crippen molar-refractivity contribution < 1.29 is 19.1 Å². The zero-order valence-corrected chi connectivity index (χ0v) is 14.1. The van der Waals surface area contributed by atoms with Gasteiger partial charge in [-0.2, -0.15) is 5.10 Å². The zero-order valence-electron chi connectivity index (χ0n) is 14.1. The van der Waals surface area contributed by atoms with E-state index in [4.69, 9.17) is 0 Å². The highest BCUT2D eigenvalue weighted by atomic mass is 19.1. The molecule has 3 rings (SSSR count). The lowest BCUT2D eigenvalue weighted by molar-refractivity contribution is -0.126. The Balaban J connectivity index is 1.60. The molecule has 0 radical (unpaired) electrons. The number of hydrazone groups is 1. The van der Waals surface area contributed by atoms with Crippen molar-refractivity contribution in [3.8, 4) is 5.75 Å². The zero-order chi connectivity index (χ0) is 19.2. The SMILES string of the molecule is O=C(CC(=O)Nc1ccc(F)cc1)N/N=C/c1c(O)ccc2ccccc12. The number of rotatable bonds is 5. The monoisotopic (exact) mass is 365 g/mol. The minimum atomic E-state index is -0.620. The van der Waals surface area contributed by atoms with Crippen LogP contribution in [0.15, 0.2) is 65.8 Å². The van der Waals surface area contributed by atoms with Gasteiger partial charge in [-0.1, -0.05) is 30.3 Å². The largest absolute Gasteiger partial charge is 0.507 e. The van der Waals surface area contributed by atoms with Gasteiger partial charge in [0.1, 0.15) is 18.0 Å². The highest BCUT2D eigenvalue weighted by Gasteiger charge is 2.09. The Labute approximate surface area is 154 Å². The van der Waals surface area contributed by atoms with Crippen LogP contribution in [0, 0.1) is 5.82 Å². The fourth-order valence-electron chi connectivity index (χ4n) is 2.51. The van der Waals surface area contributed by atoms with Gasteiger partial charge in [0.2, 0.25) is 11.8 Å². The average molecular weight is 365 g/mol. The molecule has 0 spiro atoms. The number of amides is 2. The van der Waals surface area contributed by atoms with Crippen LogP contribution in [-0.4, -0.2) is 23.1 Å². The molecule has 7 heteroatoms. The summed E-state index contributed by atoms with van der Waals surface area (Å²) in [5, 5.41) is 18.0. The lowest BCUT2D eigenvalue weighted by atomic mass is 10.0. The third kappa shape index (κ3) is 4.66. The van der Waals surface area contributed by atoms with Crippen molar-refractivity contribution in [1.82, 2.24) is 5.43 Å². The Morgan fingerprint density at radius 1 is 1.00 bits per heavy atom. The van der Waals surface area contributed by atoms with Gasteiger partial charge in [0.25, 0.3) is 0 Å². The molecule has 0 atom stereocenters. The summed E-state index contributed by atoms with van der Waals surface area (Å²) in [5.41, 5.74) is 3.10. The first-order valence-electron chi connectivity index (χ1n) is 8.11. The van der Waals surface area contributed by atoms with Crippen LogP contribution in [0.4, 0.5) is 10.1 Å². The van der Waals surface area contributed by atoms with Crippen molar-refractivity contribution in [2.75, 3.05) is 5.32 Å². The van der Waals surface area contributed by atoms with E-state index in [1.807, 2.05) is 24.3 Å². The van der Waals surface area contributed by atoms with Gasteiger partial charge in [-0.3, -0.25) is 9.59 Å². The maximum absolute atomic E-state index is 12.8. The van der Waals surface area contributed by atoms with Crippen molar-refractivity contribution in [2.24, 2.45) is 5.10 Å². The number of fused-ring (bicyclic) bond motifs is 1. The highest BCUT2D eigenvalue weighted by molar-refractivity contribution is 6.05. The second kappa shape index (κ2) is 8.09. The number of hydrogen-bond acceptors (Lipinski definition) is 4. The molecule has 0 fully saturated rings. The first-order valence-corrected chi connectivity index (χ1v) is 8.11. The molecule has 2 amide bonds. The molecule has 0 aliphatic carbocycles. The van der Waals surface area contributed by atoms with Gasteiger partial charge < -0.3 is 10.4 Å². The van der Waals surface area contributed by atoms with Crippen LogP contribution in [0.25, 0.3) is 10.8 Å². The van der Waals surface area contributed by atoms with Gasteiger partial charge in [0.15, 0.2) is 0 Å². The van der Waals surface area contributed by atoms with Crippen molar-refractivity contribution in [1.29, 1.82) is 0 Å². The number of carbonyl (C=O) groups excluding carboxylic acids is 2. The molecule has 136 valence electrons. The number of benzene rings is 3. The van der Waals surface area contributed by atoms with Gasteiger partial charge in [-0.25, -0.2) is 9.82 Å². The Morgan fingerprint density at radius 2 is 1.74 bits per heavy atom. The molecule has 0 heterocycles. The first-order chi connectivity index (χ1) is 13.0. The standard InChI is InChI=1S/C20H16FN3O3/c21-14-6-8-15(9-7-14)23-19(26)11-20(27)24-22-12-17-16-4-2-1-3-13(16)5-10-18(17)25/h1-10,12,25H,11H2,(H,23,26)(H,24,27)/b22-12+. The van der Waals surface area contributed by atoms with E-state index in [1.165, 1.54) is 30.5 Å². The summed E-state index contributed by atoms with van der Waals surface area (Å²) in [4.78, 5) is 23.6. The summed E-state index contributed by atoms with van der Waals surface area (Å²) in [6.07, 6.45) is 0.879. The topological polar surface area (TPSA) is 90.8 Å². The molecule has 0 saturated heterocycles. The molecule has 6 nitrogen and oxygen atoms in total. The third-order valence-corrected chi connectivity index (χ3v) is 3.78. The fourth-order valence-corrected chi connectivity index (χ4v) is 2.51. The molecular weight excluding hydrogens is 349 g/mol. The molecule has 0 bridgehead atoms. The number of carbonyl (C=O) groups is 2. The second-order valence-corrected chi connectivity index (χ2v) is 5.74. The van der Waals surface area contributed by atoms with E-state index in [0.717, 1.165) is 10.8 Å². The number of anilines is 1. The van der Waals surface area contributed by atoms with Crippen molar-refractivity contribution in [2.45, 2.75) is 6.42 Å². The lowest BCUT2D eigenvalue weighted by Gasteiger charge is -2.05. The van der Waals surface area contributed by atoms with Crippen LogP contribution in [-0.2, 0) is 9.59 Å². The molecule has 0 unspecified atom stereocenters. The minimum Gasteiger partial charge on any atom is -0.507 e. The predicted molar refractivity (Wildman–Crippen MR) is 101 cm³/mol. The lowest BCUT2D eigenvalue weighted by Crippen LogP contribution is -2.24. The first kappa shape index (κ1) is 18.1. The van der Waals surface area contributed by atoms with Crippen molar-refractivity contribution in [3.63, 3.8) is 0 Å². The van der Waals surface area contributed by atoms with Crippen LogP contribution < -0.4 is 10.7 Å². The van der Waals surface area contributed by atoms with Crippen LogP contribution in [0.3, 0.4) is 0 Å². The van der Waals surface area contributed by atoms with Crippen LogP contribution >= 0.6 is 0 Å². The summed E-state index contributed by atoms with van der Waals surface area (Å²) >= 11 is 0. The van der Waals surface area contributed by atoms with E-state index in [1.54, 1.807) is 12.1 Å². The van der Waals surface area contributed by atoms with Gasteiger partial charge in [0, 0.05) is 11.3 Å². The molecule has 0 saturated carbocycles. The molecular formula is C20H16FN3O3. The fraction of sp³-hybridized carbons (Fsp3) is 0.0500. The molecule has 0 aliphatic heterocycles. The molecule has 3 N–H and O–H groups in total. The Hall–Kier alpha value is -3.74. The number of phenolic OH excluding ortho intramolecular Hbond substituents is 1. The van der Waals surface area contributed by atoms with Crippen molar-refractivity contribution >= 4 is 34.5 Å². The number of phenols is 1. The quantitative estimate of drug-likeness (QED) is 0.368. The normalized spacial score (nSPS) is 10.9.